The minimum Gasteiger partial charge on any atom is -0.328 e. The van der Waals surface area contributed by atoms with Gasteiger partial charge in [-0.3, -0.25) is 0 Å². The SMILES string of the molecule is CCCCCCCCCCC(CC)COP(O)O. The lowest BCUT2D eigenvalue weighted by Gasteiger charge is -2.14. The summed E-state index contributed by atoms with van der Waals surface area (Å²) in [6.45, 7) is 4.87. The summed E-state index contributed by atoms with van der Waals surface area (Å²) in [7, 11) is -2.17. The zero-order valence-electron chi connectivity index (χ0n) is 12.1. The Morgan fingerprint density at radius 3 is 1.94 bits per heavy atom. The van der Waals surface area contributed by atoms with Gasteiger partial charge in [0.05, 0.1) is 6.61 Å². The van der Waals surface area contributed by atoms with Gasteiger partial charge in [0.1, 0.15) is 0 Å². The van der Waals surface area contributed by atoms with Crippen LogP contribution in [0.15, 0.2) is 0 Å². The fraction of sp³-hybridized carbons (Fsp3) is 1.00. The Balaban J connectivity index is 3.28. The van der Waals surface area contributed by atoms with Gasteiger partial charge >= 0.3 is 8.60 Å². The second kappa shape index (κ2) is 13.7. The molecule has 0 spiro atoms. The van der Waals surface area contributed by atoms with Crippen LogP contribution in [0.4, 0.5) is 0 Å². The first-order valence-corrected chi connectivity index (χ1v) is 8.68. The normalized spacial score (nSPS) is 13.2. The fourth-order valence-corrected chi connectivity index (χ4v) is 2.49. The number of unbranched alkanes of at least 4 members (excludes halogenated alkanes) is 7. The zero-order chi connectivity index (χ0) is 13.6. The Bertz CT molecular complexity index is 165. The van der Waals surface area contributed by atoms with Gasteiger partial charge < -0.3 is 14.3 Å². The van der Waals surface area contributed by atoms with Crippen molar-refractivity contribution in [3.8, 4) is 0 Å². The Morgan fingerprint density at radius 1 is 0.889 bits per heavy atom. The first kappa shape index (κ1) is 18.3. The Kier molecular flexibility index (Phi) is 14.0. The van der Waals surface area contributed by atoms with Crippen LogP contribution >= 0.6 is 8.60 Å². The third-order valence-corrected chi connectivity index (χ3v) is 3.85. The molecule has 0 aliphatic heterocycles. The summed E-state index contributed by atoms with van der Waals surface area (Å²) in [6, 6.07) is 0. The van der Waals surface area contributed by atoms with Crippen LogP contribution in [0.25, 0.3) is 0 Å². The van der Waals surface area contributed by atoms with E-state index in [0.717, 1.165) is 12.8 Å². The summed E-state index contributed by atoms with van der Waals surface area (Å²) < 4.78 is 4.89. The highest BCUT2D eigenvalue weighted by Crippen LogP contribution is 2.27. The molecular formula is C14H31O3P. The first-order valence-electron chi connectivity index (χ1n) is 7.51. The third-order valence-electron chi connectivity index (χ3n) is 3.47. The average Bonchev–Trinajstić information content (AvgIpc) is 2.36. The van der Waals surface area contributed by atoms with Crippen molar-refractivity contribution in [2.24, 2.45) is 5.92 Å². The maximum absolute atomic E-state index is 8.71. The van der Waals surface area contributed by atoms with E-state index < -0.39 is 8.60 Å². The van der Waals surface area contributed by atoms with Crippen molar-refractivity contribution in [2.45, 2.75) is 78.1 Å². The van der Waals surface area contributed by atoms with Crippen molar-refractivity contribution in [1.29, 1.82) is 0 Å². The van der Waals surface area contributed by atoms with Crippen molar-refractivity contribution in [3.63, 3.8) is 0 Å². The van der Waals surface area contributed by atoms with E-state index in [2.05, 4.69) is 13.8 Å². The molecular weight excluding hydrogens is 247 g/mol. The van der Waals surface area contributed by atoms with Gasteiger partial charge in [-0.2, -0.15) is 0 Å². The summed E-state index contributed by atoms with van der Waals surface area (Å²) in [5.41, 5.74) is 0. The summed E-state index contributed by atoms with van der Waals surface area (Å²) >= 11 is 0. The summed E-state index contributed by atoms with van der Waals surface area (Å²) in [4.78, 5) is 17.4. The molecule has 1 atom stereocenters. The molecule has 0 aliphatic rings. The second-order valence-corrected chi connectivity index (χ2v) is 5.85. The van der Waals surface area contributed by atoms with Crippen LogP contribution in [0.2, 0.25) is 0 Å². The number of hydrogen-bond acceptors (Lipinski definition) is 3. The molecule has 0 radical (unpaired) electrons. The van der Waals surface area contributed by atoms with Gasteiger partial charge in [-0.25, -0.2) is 0 Å². The molecule has 0 fully saturated rings. The minimum absolute atomic E-state index is 0.481. The van der Waals surface area contributed by atoms with E-state index in [1.807, 2.05) is 0 Å². The molecule has 0 aliphatic carbocycles. The molecule has 0 aromatic rings. The molecule has 18 heavy (non-hydrogen) atoms. The number of rotatable bonds is 13. The smallest absolute Gasteiger partial charge is 0.327 e. The quantitative estimate of drug-likeness (QED) is 0.377. The van der Waals surface area contributed by atoms with Gasteiger partial charge in [-0.15, -0.1) is 0 Å². The Morgan fingerprint density at radius 2 is 1.44 bits per heavy atom. The molecule has 0 amide bonds. The highest BCUT2D eigenvalue weighted by atomic mass is 31.2. The van der Waals surface area contributed by atoms with Gasteiger partial charge in [0, 0.05) is 0 Å². The standard InChI is InChI=1S/C14H31O3P/c1-3-5-6-7-8-9-10-11-12-14(4-2)13-17-18(15)16/h14-16H,3-13H2,1-2H3. The molecule has 0 saturated heterocycles. The van der Waals surface area contributed by atoms with Crippen molar-refractivity contribution >= 4 is 8.60 Å². The van der Waals surface area contributed by atoms with Gasteiger partial charge in [0.15, 0.2) is 0 Å². The molecule has 0 rings (SSSR count). The minimum atomic E-state index is -2.17. The van der Waals surface area contributed by atoms with Crippen LogP contribution in [0.5, 0.6) is 0 Å². The molecule has 0 bridgehead atoms. The topological polar surface area (TPSA) is 49.7 Å². The van der Waals surface area contributed by atoms with Gasteiger partial charge in [-0.1, -0.05) is 71.6 Å². The van der Waals surface area contributed by atoms with Gasteiger partial charge in [0.2, 0.25) is 0 Å². The van der Waals surface area contributed by atoms with E-state index in [0.29, 0.717) is 12.5 Å². The molecule has 1 unspecified atom stereocenters. The van der Waals surface area contributed by atoms with E-state index in [1.165, 1.54) is 51.4 Å². The maximum atomic E-state index is 8.71. The lowest BCUT2D eigenvalue weighted by atomic mass is 9.98. The zero-order valence-corrected chi connectivity index (χ0v) is 13.0. The maximum Gasteiger partial charge on any atom is 0.327 e. The Hall–Kier alpha value is 0.310. The fourth-order valence-electron chi connectivity index (χ4n) is 2.14. The highest BCUT2D eigenvalue weighted by molar-refractivity contribution is 7.39. The molecule has 0 aromatic heterocycles. The predicted octanol–water partition coefficient (Wildman–Crippen LogP) is 4.77. The van der Waals surface area contributed by atoms with Crippen molar-refractivity contribution in [1.82, 2.24) is 0 Å². The van der Waals surface area contributed by atoms with Crippen LogP contribution < -0.4 is 0 Å². The third kappa shape index (κ3) is 12.8. The summed E-state index contributed by atoms with van der Waals surface area (Å²) in [5.74, 6) is 0.481. The van der Waals surface area contributed by atoms with Crippen molar-refractivity contribution in [3.05, 3.63) is 0 Å². The van der Waals surface area contributed by atoms with E-state index in [4.69, 9.17) is 14.3 Å². The first-order chi connectivity index (χ1) is 8.70. The molecule has 2 N–H and O–H groups in total. The van der Waals surface area contributed by atoms with Crippen molar-refractivity contribution in [2.75, 3.05) is 6.61 Å². The largest absolute Gasteiger partial charge is 0.328 e. The van der Waals surface area contributed by atoms with E-state index in [-0.39, 0.29) is 0 Å². The molecule has 0 heterocycles. The molecule has 0 saturated carbocycles. The van der Waals surface area contributed by atoms with Gasteiger partial charge in [0.25, 0.3) is 0 Å². The second-order valence-electron chi connectivity index (χ2n) is 5.09. The van der Waals surface area contributed by atoms with Crippen LogP contribution in [0.1, 0.15) is 78.1 Å². The summed E-state index contributed by atoms with van der Waals surface area (Å²) in [6.07, 6.45) is 12.9. The van der Waals surface area contributed by atoms with Crippen LogP contribution in [-0.4, -0.2) is 16.4 Å². The van der Waals surface area contributed by atoms with Crippen LogP contribution in [0, 0.1) is 5.92 Å². The molecule has 0 aromatic carbocycles. The van der Waals surface area contributed by atoms with Crippen LogP contribution in [-0.2, 0) is 4.52 Å². The van der Waals surface area contributed by atoms with Crippen LogP contribution in [0.3, 0.4) is 0 Å². The highest BCUT2D eigenvalue weighted by Gasteiger charge is 2.09. The lowest BCUT2D eigenvalue weighted by molar-refractivity contribution is 0.200. The number of hydrogen-bond donors (Lipinski definition) is 2. The predicted molar refractivity (Wildman–Crippen MR) is 78.3 cm³/mol. The van der Waals surface area contributed by atoms with E-state index >= 15 is 0 Å². The average molecular weight is 278 g/mol. The molecule has 3 nitrogen and oxygen atoms in total. The van der Waals surface area contributed by atoms with Gasteiger partial charge in [-0.05, 0) is 12.3 Å². The molecule has 110 valence electrons. The van der Waals surface area contributed by atoms with Crippen molar-refractivity contribution < 1.29 is 14.3 Å². The summed E-state index contributed by atoms with van der Waals surface area (Å²) in [5, 5.41) is 0. The molecule has 4 heteroatoms. The van der Waals surface area contributed by atoms with E-state index in [9.17, 15) is 0 Å². The lowest BCUT2D eigenvalue weighted by Crippen LogP contribution is -2.06. The van der Waals surface area contributed by atoms with E-state index in [1.54, 1.807) is 0 Å². The Labute approximate surface area is 114 Å². The monoisotopic (exact) mass is 278 g/mol.